The molecule has 0 aliphatic rings. The molecule has 92 valence electrons. The van der Waals surface area contributed by atoms with Crippen LogP contribution in [0.25, 0.3) is 0 Å². The number of carbonyl (C=O) groups excluding carboxylic acids is 1. The zero-order valence-electron chi connectivity index (χ0n) is 9.76. The summed E-state index contributed by atoms with van der Waals surface area (Å²) in [6.45, 7) is 0. The molecule has 0 fully saturated rings. The van der Waals surface area contributed by atoms with Gasteiger partial charge in [-0.2, -0.15) is 0 Å². The van der Waals surface area contributed by atoms with Gasteiger partial charge in [-0.15, -0.1) is 0 Å². The molecule has 2 aromatic rings. The predicted molar refractivity (Wildman–Crippen MR) is 68.1 cm³/mol. The van der Waals surface area contributed by atoms with Gasteiger partial charge in [-0.3, -0.25) is 4.79 Å². The molecule has 0 spiro atoms. The molecule has 0 atom stereocenters. The van der Waals surface area contributed by atoms with Crippen molar-refractivity contribution >= 4 is 17.4 Å². The predicted octanol–water partition coefficient (Wildman–Crippen LogP) is 2.56. The van der Waals surface area contributed by atoms with Gasteiger partial charge in [0.25, 0.3) is 0 Å². The number of methoxy groups -OCH3 is 1. The molecule has 5 heteroatoms. The number of ether oxygens (including phenoxy) is 1. The Balaban J connectivity index is 2.11. The Bertz CT molecular complexity index is 555. The van der Waals surface area contributed by atoms with Gasteiger partial charge in [0.05, 0.1) is 12.7 Å². The molecule has 0 aliphatic carbocycles. The summed E-state index contributed by atoms with van der Waals surface area (Å²) in [5.74, 6) is -0.0556. The van der Waals surface area contributed by atoms with Gasteiger partial charge in [0.15, 0.2) is 5.78 Å². The normalized spacial score (nSPS) is 10.1. The van der Waals surface area contributed by atoms with Gasteiger partial charge in [0.2, 0.25) is 0 Å². The summed E-state index contributed by atoms with van der Waals surface area (Å²) in [5.41, 5.74) is 1.32. The summed E-state index contributed by atoms with van der Waals surface area (Å²) in [6.07, 6.45) is 3.19. The van der Waals surface area contributed by atoms with E-state index in [2.05, 4.69) is 9.97 Å². The largest absolute Gasteiger partial charge is 0.467 e. The first-order chi connectivity index (χ1) is 8.69. The first-order valence-electron chi connectivity index (χ1n) is 5.32. The minimum atomic E-state index is -0.0556. The van der Waals surface area contributed by atoms with Crippen LogP contribution in [0.3, 0.4) is 0 Å². The van der Waals surface area contributed by atoms with E-state index in [1.807, 2.05) is 12.1 Å². The van der Waals surface area contributed by atoms with E-state index >= 15 is 0 Å². The molecule has 0 saturated heterocycles. The van der Waals surface area contributed by atoms with Gasteiger partial charge in [-0.25, -0.2) is 9.97 Å². The van der Waals surface area contributed by atoms with Crippen LogP contribution in [0.2, 0.25) is 5.02 Å². The molecular formula is C13H11ClN2O2. The average molecular weight is 263 g/mol. The molecule has 0 saturated carbocycles. The second-order valence-corrected chi connectivity index (χ2v) is 4.12. The van der Waals surface area contributed by atoms with Crippen LogP contribution < -0.4 is 4.74 Å². The van der Waals surface area contributed by atoms with Crippen molar-refractivity contribution in [3.8, 4) is 6.01 Å². The van der Waals surface area contributed by atoms with E-state index in [9.17, 15) is 4.79 Å². The van der Waals surface area contributed by atoms with Crippen molar-refractivity contribution in [2.45, 2.75) is 6.42 Å². The summed E-state index contributed by atoms with van der Waals surface area (Å²) in [6, 6.07) is 7.45. The highest BCUT2D eigenvalue weighted by Gasteiger charge is 2.09. The van der Waals surface area contributed by atoms with Crippen LogP contribution in [0, 0.1) is 0 Å². The quantitative estimate of drug-likeness (QED) is 0.795. The topological polar surface area (TPSA) is 52.1 Å². The van der Waals surface area contributed by atoms with Gasteiger partial charge in [0.1, 0.15) is 0 Å². The Kier molecular flexibility index (Phi) is 3.89. The second-order valence-electron chi connectivity index (χ2n) is 3.69. The van der Waals surface area contributed by atoms with Gasteiger partial charge in [-0.05, 0) is 17.7 Å². The number of Topliss-reactive ketones (excluding diaryl/α,β-unsaturated/α-hetero) is 1. The molecule has 4 nitrogen and oxygen atoms in total. The number of ketones is 1. The molecule has 1 aromatic heterocycles. The second kappa shape index (κ2) is 5.60. The van der Waals surface area contributed by atoms with Crippen molar-refractivity contribution in [3.63, 3.8) is 0 Å². The zero-order chi connectivity index (χ0) is 13.0. The maximum atomic E-state index is 12.0. The molecule has 0 aliphatic heterocycles. The molecular weight excluding hydrogens is 252 g/mol. The van der Waals surface area contributed by atoms with E-state index in [-0.39, 0.29) is 18.2 Å². The fourth-order valence-corrected chi connectivity index (χ4v) is 1.71. The number of hydrogen-bond acceptors (Lipinski definition) is 4. The monoisotopic (exact) mass is 262 g/mol. The number of carbonyl (C=O) groups is 1. The molecule has 0 bridgehead atoms. The van der Waals surface area contributed by atoms with Crippen LogP contribution in [0.15, 0.2) is 36.7 Å². The minimum absolute atomic E-state index is 0.0556. The van der Waals surface area contributed by atoms with Crippen LogP contribution in [0.5, 0.6) is 6.01 Å². The van der Waals surface area contributed by atoms with Crippen molar-refractivity contribution in [1.82, 2.24) is 9.97 Å². The fourth-order valence-electron chi connectivity index (χ4n) is 1.50. The number of benzene rings is 1. The molecule has 0 unspecified atom stereocenters. The van der Waals surface area contributed by atoms with Gasteiger partial charge < -0.3 is 4.74 Å². The summed E-state index contributed by atoms with van der Waals surface area (Å²) >= 11 is 5.86. The highest BCUT2D eigenvalue weighted by molar-refractivity contribution is 6.30. The van der Waals surface area contributed by atoms with Crippen molar-refractivity contribution in [3.05, 3.63) is 52.8 Å². The Morgan fingerprint density at radius 1 is 1.33 bits per heavy atom. The highest BCUT2D eigenvalue weighted by Crippen LogP contribution is 2.13. The Morgan fingerprint density at radius 3 is 2.67 bits per heavy atom. The van der Waals surface area contributed by atoms with E-state index in [4.69, 9.17) is 16.3 Å². The van der Waals surface area contributed by atoms with Crippen molar-refractivity contribution < 1.29 is 9.53 Å². The third kappa shape index (κ3) is 3.05. The first kappa shape index (κ1) is 12.5. The van der Waals surface area contributed by atoms with E-state index in [1.54, 1.807) is 12.1 Å². The zero-order valence-corrected chi connectivity index (χ0v) is 10.5. The number of rotatable bonds is 4. The minimum Gasteiger partial charge on any atom is -0.467 e. The Morgan fingerprint density at radius 2 is 2.06 bits per heavy atom. The van der Waals surface area contributed by atoms with Crippen molar-refractivity contribution in [2.75, 3.05) is 7.11 Å². The van der Waals surface area contributed by atoms with Gasteiger partial charge in [0, 0.05) is 23.8 Å². The third-order valence-electron chi connectivity index (χ3n) is 2.39. The smallest absolute Gasteiger partial charge is 0.316 e. The maximum absolute atomic E-state index is 12.0. The average Bonchev–Trinajstić information content (AvgIpc) is 2.39. The highest BCUT2D eigenvalue weighted by atomic mass is 35.5. The van der Waals surface area contributed by atoms with Crippen molar-refractivity contribution in [1.29, 1.82) is 0 Å². The van der Waals surface area contributed by atoms with Crippen LogP contribution in [-0.2, 0) is 6.42 Å². The molecule has 2 rings (SSSR count). The van der Waals surface area contributed by atoms with Crippen LogP contribution >= 0.6 is 11.6 Å². The summed E-state index contributed by atoms with van der Waals surface area (Å²) in [7, 11) is 1.47. The molecule has 18 heavy (non-hydrogen) atoms. The number of hydrogen-bond donors (Lipinski definition) is 0. The summed E-state index contributed by atoms with van der Waals surface area (Å²) in [5, 5.41) is 0.617. The first-order valence-corrected chi connectivity index (χ1v) is 5.70. The SMILES string of the molecule is COc1ncc(C(=O)Cc2cccc(Cl)c2)cn1. The van der Waals surface area contributed by atoms with Crippen molar-refractivity contribution in [2.24, 2.45) is 0 Å². The van der Waals surface area contributed by atoms with Crippen LogP contribution in [0.1, 0.15) is 15.9 Å². The lowest BCUT2D eigenvalue weighted by atomic mass is 10.1. The number of halogens is 1. The lowest BCUT2D eigenvalue weighted by molar-refractivity contribution is 0.0992. The fraction of sp³-hybridized carbons (Fsp3) is 0.154. The number of nitrogens with zero attached hydrogens (tertiary/aromatic N) is 2. The summed E-state index contributed by atoms with van der Waals surface area (Å²) < 4.78 is 4.83. The van der Waals surface area contributed by atoms with E-state index in [1.165, 1.54) is 19.5 Å². The molecule has 1 aromatic carbocycles. The lowest BCUT2D eigenvalue weighted by Gasteiger charge is -2.02. The molecule has 0 radical (unpaired) electrons. The molecule has 0 amide bonds. The van der Waals surface area contributed by atoms with E-state index < -0.39 is 0 Å². The Hall–Kier alpha value is -1.94. The lowest BCUT2D eigenvalue weighted by Crippen LogP contribution is -2.05. The Labute approximate surface area is 110 Å². The maximum Gasteiger partial charge on any atom is 0.316 e. The third-order valence-corrected chi connectivity index (χ3v) is 2.62. The standard InChI is InChI=1S/C13H11ClN2O2/c1-18-13-15-7-10(8-16-13)12(17)6-9-3-2-4-11(14)5-9/h2-5,7-8H,6H2,1H3. The van der Waals surface area contributed by atoms with Crippen LogP contribution in [-0.4, -0.2) is 22.9 Å². The molecule has 0 N–H and O–H groups in total. The van der Waals surface area contributed by atoms with Crippen LogP contribution in [0.4, 0.5) is 0 Å². The van der Waals surface area contributed by atoms with Gasteiger partial charge >= 0.3 is 6.01 Å². The van der Waals surface area contributed by atoms with E-state index in [0.717, 1.165) is 5.56 Å². The number of aromatic nitrogens is 2. The van der Waals surface area contributed by atoms with Gasteiger partial charge in [-0.1, -0.05) is 23.7 Å². The molecule has 1 heterocycles. The summed E-state index contributed by atoms with van der Waals surface area (Å²) in [4.78, 5) is 19.8. The van der Waals surface area contributed by atoms with E-state index in [0.29, 0.717) is 10.6 Å².